The Kier molecular flexibility index (Phi) is 3.77. The molecule has 0 aromatic carbocycles. The highest BCUT2D eigenvalue weighted by Crippen LogP contribution is 2.27. The zero-order valence-corrected chi connectivity index (χ0v) is 12.1. The summed E-state index contributed by atoms with van der Waals surface area (Å²) >= 11 is 0. The number of aromatic nitrogens is 6. The van der Waals surface area contributed by atoms with Crippen LogP contribution in [-0.4, -0.2) is 43.1 Å². The Hall–Kier alpha value is -1.76. The molecule has 1 N–H and O–H groups in total. The third-order valence-electron chi connectivity index (χ3n) is 3.99. The molecule has 20 heavy (non-hydrogen) atoms. The molecule has 108 valence electrons. The van der Waals surface area contributed by atoms with Crippen LogP contribution in [0.15, 0.2) is 6.20 Å². The molecular weight excluding hydrogens is 254 g/mol. The quantitative estimate of drug-likeness (QED) is 0.889. The van der Waals surface area contributed by atoms with Crippen LogP contribution in [0.4, 0.5) is 0 Å². The van der Waals surface area contributed by atoms with E-state index in [9.17, 15) is 0 Å². The number of piperidine rings is 1. The van der Waals surface area contributed by atoms with Crippen LogP contribution in [-0.2, 0) is 13.1 Å². The number of nitrogens with zero attached hydrogens (tertiary/aromatic N) is 6. The Balaban J connectivity index is 1.75. The SMILES string of the molecule is CCn1nnc(Cn2ncc(C3CCNCC3)c2C)n1. The molecule has 0 amide bonds. The molecule has 1 aliphatic heterocycles. The summed E-state index contributed by atoms with van der Waals surface area (Å²) in [6.45, 7) is 7.67. The van der Waals surface area contributed by atoms with Crippen molar-refractivity contribution in [3.05, 3.63) is 23.3 Å². The maximum absolute atomic E-state index is 4.50. The van der Waals surface area contributed by atoms with Gasteiger partial charge in [-0.25, -0.2) is 0 Å². The lowest BCUT2D eigenvalue weighted by molar-refractivity contribution is 0.458. The van der Waals surface area contributed by atoms with Gasteiger partial charge >= 0.3 is 0 Å². The zero-order chi connectivity index (χ0) is 13.9. The van der Waals surface area contributed by atoms with Gasteiger partial charge in [0.25, 0.3) is 0 Å². The monoisotopic (exact) mass is 275 g/mol. The van der Waals surface area contributed by atoms with Crippen molar-refractivity contribution < 1.29 is 0 Å². The Bertz CT molecular complexity index is 565. The van der Waals surface area contributed by atoms with Crippen LogP contribution in [0, 0.1) is 6.92 Å². The maximum atomic E-state index is 4.50. The van der Waals surface area contributed by atoms with Gasteiger partial charge in [0.15, 0.2) is 5.82 Å². The van der Waals surface area contributed by atoms with Crippen molar-refractivity contribution in [2.75, 3.05) is 13.1 Å². The minimum Gasteiger partial charge on any atom is -0.317 e. The molecule has 0 spiro atoms. The van der Waals surface area contributed by atoms with Crippen molar-refractivity contribution >= 4 is 0 Å². The van der Waals surface area contributed by atoms with E-state index in [0.29, 0.717) is 12.5 Å². The molecule has 1 fully saturated rings. The molecule has 0 saturated carbocycles. The van der Waals surface area contributed by atoms with E-state index < -0.39 is 0 Å². The van der Waals surface area contributed by atoms with Gasteiger partial charge < -0.3 is 5.32 Å². The van der Waals surface area contributed by atoms with Crippen molar-refractivity contribution in [1.29, 1.82) is 0 Å². The van der Waals surface area contributed by atoms with Gasteiger partial charge in [0.1, 0.15) is 6.54 Å². The fraction of sp³-hybridized carbons (Fsp3) is 0.692. The van der Waals surface area contributed by atoms with E-state index in [0.717, 1.165) is 25.5 Å². The summed E-state index contributed by atoms with van der Waals surface area (Å²) in [4.78, 5) is 1.60. The molecular formula is C13H21N7. The van der Waals surface area contributed by atoms with Gasteiger partial charge in [-0.05, 0) is 56.5 Å². The number of rotatable bonds is 4. The second-order valence-corrected chi connectivity index (χ2v) is 5.26. The second kappa shape index (κ2) is 5.70. The van der Waals surface area contributed by atoms with Crippen molar-refractivity contribution in [2.45, 2.75) is 45.7 Å². The van der Waals surface area contributed by atoms with E-state index in [2.05, 4.69) is 32.7 Å². The number of hydrogen-bond acceptors (Lipinski definition) is 5. The third kappa shape index (κ3) is 2.58. The fourth-order valence-corrected chi connectivity index (χ4v) is 2.76. The lowest BCUT2D eigenvalue weighted by Gasteiger charge is -2.22. The Morgan fingerprint density at radius 3 is 2.85 bits per heavy atom. The maximum Gasteiger partial charge on any atom is 0.196 e. The second-order valence-electron chi connectivity index (χ2n) is 5.26. The Labute approximate surface area is 118 Å². The van der Waals surface area contributed by atoms with Gasteiger partial charge in [-0.2, -0.15) is 9.90 Å². The summed E-state index contributed by atoms with van der Waals surface area (Å²) in [5.41, 5.74) is 2.60. The van der Waals surface area contributed by atoms with Crippen LogP contribution in [0.1, 0.15) is 42.8 Å². The zero-order valence-electron chi connectivity index (χ0n) is 12.1. The predicted octanol–water partition coefficient (Wildman–Crippen LogP) is 0.713. The van der Waals surface area contributed by atoms with Crippen LogP contribution in [0.2, 0.25) is 0 Å². The van der Waals surface area contributed by atoms with E-state index >= 15 is 0 Å². The van der Waals surface area contributed by atoms with Gasteiger partial charge in [-0.15, -0.1) is 10.2 Å². The predicted molar refractivity (Wildman–Crippen MR) is 74.4 cm³/mol. The van der Waals surface area contributed by atoms with Crippen molar-refractivity contribution in [2.24, 2.45) is 0 Å². The van der Waals surface area contributed by atoms with Crippen LogP contribution in [0.5, 0.6) is 0 Å². The molecule has 0 aliphatic carbocycles. The van der Waals surface area contributed by atoms with Gasteiger partial charge in [-0.3, -0.25) is 4.68 Å². The van der Waals surface area contributed by atoms with Gasteiger partial charge in [0, 0.05) is 5.69 Å². The molecule has 7 heteroatoms. The van der Waals surface area contributed by atoms with Crippen LogP contribution in [0.3, 0.4) is 0 Å². The van der Waals surface area contributed by atoms with E-state index in [1.54, 1.807) is 4.80 Å². The lowest BCUT2D eigenvalue weighted by Crippen LogP contribution is -2.26. The van der Waals surface area contributed by atoms with Gasteiger partial charge in [-0.1, -0.05) is 0 Å². The summed E-state index contributed by atoms with van der Waals surface area (Å²) in [7, 11) is 0. The highest BCUT2D eigenvalue weighted by Gasteiger charge is 2.20. The van der Waals surface area contributed by atoms with E-state index in [4.69, 9.17) is 0 Å². The summed E-state index contributed by atoms with van der Waals surface area (Å²) in [5.74, 6) is 1.35. The molecule has 0 bridgehead atoms. The first-order valence-electron chi connectivity index (χ1n) is 7.27. The minimum atomic E-state index is 0.594. The average Bonchev–Trinajstić information content (AvgIpc) is 3.08. The van der Waals surface area contributed by atoms with Gasteiger partial charge in [0.05, 0.1) is 12.7 Å². The number of aryl methyl sites for hydroxylation is 1. The fourth-order valence-electron chi connectivity index (χ4n) is 2.76. The first-order valence-corrected chi connectivity index (χ1v) is 7.27. The molecule has 2 aromatic heterocycles. The molecule has 2 aromatic rings. The summed E-state index contributed by atoms with van der Waals surface area (Å²) < 4.78 is 1.98. The molecule has 3 rings (SSSR count). The molecule has 1 saturated heterocycles. The normalized spacial score (nSPS) is 16.7. The summed E-state index contributed by atoms with van der Waals surface area (Å²) in [5, 5.41) is 20.3. The van der Waals surface area contributed by atoms with E-state index in [-0.39, 0.29) is 0 Å². The summed E-state index contributed by atoms with van der Waals surface area (Å²) in [6, 6.07) is 0. The first-order chi connectivity index (χ1) is 9.78. The summed E-state index contributed by atoms with van der Waals surface area (Å²) in [6.07, 6.45) is 4.39. The van der Waals surface area contributed by atoms with Crippen molar-refractivity contribution in [1.82, 2.24) is 35.3 Å². The van der Waals surface area contributed by atoms with Crippen molar-refractivity contribution in [3.63, 3.8) is 0 Å². The molecule has 3 heterocycles. The topological polar surface area (TPSA) is 73.5 Å². The number of hydrogen-bond donors (Lipinski definition) is 1. The molecule has 0 atom stereocenters. The van der Waals surface area contributed by atoms with E-state index in [1.165, 1.54) is 24.1 Å². The number of nitrogens with one attached hydrogen (secondary N) is 1. The van der Waals surface area contributed by atoms with Crippen molar-refractivity contribution in [3.8, 4) is 0 Å². The largest absolute Gasteiger partial charge is 0.317 e. The van der Waals surface area contributed by atoms with E-state index in [1.807, 2.05) is 17.8 Å². The third-order valence-corrected chi connectivity index (χ3v) is 3.99. The minimum absolute atomic E-state index is 0.594. The standard InChI is InChI=1S/C13H21N7/c1-3-20-17-13(16-18-20)9-19-10(2)12(8-15-19)11-4-6-14-7-5-11/h8,11,14H,3-7,9H2,1-2H3. The molecule has 0 unspecified atom stereocenters. The lowest BCUT2D eigenvalue weighted by atomic mass is 9.91. The number of tetrazole rings is 1. The van der Waals surface area contributed by atoms with Crippen LogP contribution < -0.4 is 5.32 Å². The molecule has 0 radical (unpaired) electrons. The smallest absolute Gasteiger partial charge is 0.196 e. The van der Waals surface area contributed by atoms with Crippen LogP contribution in [0.25, 0.3) is 0 Å². The first kappa shape index (κ1) is 13.2. The average molecular weight is 275 g/mol. The van der Waals surface area contributed by atoms with Crippen LogP contribution >= 0.6 is 0 Å². The highest BCUT2D eigenvalue weighted by molar-refractivity contribution is 5.22. The molecule has 1 aliphatic rings. The Morgan fingerprint density at radius 1 is 1.35 bits per heavy atom. The van der Waals surface area contributed by atoms with Gasteiger partial charge in [0.2, 0.25) is 0 Å². The Morgan fingerprint density at radius 2 is 2.15 bits per heavy atom. The molecule has 7 nitrogen and oxygen atoms in total. The highest BCUT2D eigenvalue weighted by atomic mass is 15.6.